The van der Waals surface area contributed by atoms with Crippen molar-refractivity contribution in [3.63, 3.8) is 0 Å². The van der Waals surface area contributed by atoms with Gasteiger partial charge in [0, 0.05) is 29.6 Å². The van der Waals surface area contributed by atoms with Crippen molar-refractivity contribution in [1.29, 1.82) is 5.41 Å². The number of halogens is 3. The van der Waals surface area contributed by atoms with E-state index in [2.05, 4.69) is 5.32 Å². The lowest BCUT2D eigenvalue weighted by Crippen LogP contribution is -2.29. The molecule has 0 saturated heterocycles. The fourth-order valence-electron chi connectivity index (χ4n) is 3.34. The summed E-state index contributed by atoms with van der Waals surface area (Å²) in [5, 5.41) is 19.5. The van der Waals surface area contributed by atoms with Crippen LogP contribution in [-0.2, 0) is 6.18 Å². The standard InChI is InChI=1S/C24H22F3N3O2/c25-24(26,27)20-6-2-4-17(13-20)22(9-10-31)30-23(32)18-5-1-3-15(11-18)16-7-8-21(29)19(12-16)14-28/h1-8,11-14,22,28,31H,9-10,29H2,(H,30,32). The van der Waals surface area contributed by atoms with E-state index in [9.17, 15) is 23.1 Å². The number of benzene rings is 3. The van der Waals surface area contributed by atoms with Gasteiger partial charge in [0.05, 0.1) is 11.6 Å². The Kier molecular flexibility index (Phi) is 6.95. The number of nitrogen functional groups attached to an aromatic ring is 1. The minimum atomic E-state index is -4.51. The Morgan fingerprint density at radius 2 is 1.78 bits per heavy atom. The average molecular weight is 441 g/mol. The van der Waals surface area contributed by atoms with Gasteiger partial charge in [0.2, 0.25) is 0 Å². The van der Waals surface area contributed by atoms with Crippen LogP contribution in [0.1, 0.15) is 39.5 Å². The minimum Gasteiger partial charge on any atom is -0.398 e. The zero-order chi connectivity index (χ0) is 23.3. The number of amides is 1. The molecule has 5 N–H and O–H groups in total. The molecule has 0 aliphatic carbocycles. The molecule has 1 amide bonds. The van der Waals surface area contributed by atoms with Crippen LogP contribution < -0.4 is 11.1 Å². The van der Waals surface area contributed by atoms with Gasteiger partial charge in [0.1, 0.15) is 0 Å². The number of nitrogens with two attached hydrogens (primary N) is 1. The Bertz CT molecular complexity index is 1130. The number of carbonyl (C=O) groups is 1. The molecule has 8 heteroatoms. The zero-order valence-electron chi connectivity index (χ0n) is 17.0. The minimum absolute atomic E-state index is 0.0629. The van der Waals surface area contributed by atoms with Gasteiger partial charge < -0.3 is 21.6 Å². The largest absolute Gasteiger partial charge is 0.416 e. The van der Waals surface area contributed by atoms with Gasteiger partial charge in [-0.05, 0) is 59.5 Å². The lowest BCUT2D eigenvalue weighted by Gasteiger charge is -2.20. The van der Waals surface area contributed by atoms with E-state index in [0.29, 0.717) is 16.8 Å². The summed E-state index contributed by atoms with van der Waals surface area (Å²) >= 11 is 0. The maximum atomic E-state index is 13.1. The molecule has 166 valence electrons. The van der Waals surface area contributed by atoms with E-state index in [1.807, 2.05) is 0 Å². The second-order valence-electron chi connectivity index (χ2n) is 7.23. The highest BCUT2D eigenvalue weighted by atomic mass is 19.4. The Morgan fingerprint density at radius 3 is 2.47 bits per heavy atom. The van der Waals surface area contributed by atoms with E-state index in [4.69, 9.17) is 11.1 Å². The van der Waals surface area contributed by atoms with Gasteiger partial charge in [0.25, 0.3) is 5.91 Å². The number of aliphatic hydroxyl groups is 1. The molecule has 1 atom stereocenters. The van der Waals surface area contributed by atoms with Crippen LogP contribution in [0.4, 0.5) is 18.9 Å². The molecule has 3 rings (SSSR count). The summed E-state index contributed by atoms with van der Waals surface area (Å²) in [6, 6.07) is 15.8. The third-order valence-corrected chi connectivity index (χ3v) is 5.04. The maximum absolute atomic E-state index is 13.1. The monoisotopic (exact) mass is 441 g/mol. The predicted molar refractivity (Wildman–Crippen MR) is 118 cm³/mol. The van der Waals surface area contributed by atoms with Gasteiger partial charge in [-0.2, -0.15) is 13.2 Å². The van der Waals surface area contributed by atoms with Gasteiger partial charge in [-0.3, -0.25) is 4.79 Å². The summed E-state index contributed by atoms with van der Waals surface area (Å²) in [6.45, 7) is -0.306. The third-order valence-electron chi connectivity index (χ3n) is 5.04. The Hall–Kier alpha value is -3.65. The first-order valence-corrected chi connectivity index (χ1v) is 9.82. The van der Waals surface area contributed by atoms with Gasteiger partial charge in [-0.25, -0.2) is 0 Å². The number of aliphatic hydroxyl groups excluding tert-OH is 1. The van der Waals surface area contributed by atoms with Crippen molar-refractivity contribution in [3.05, 3.63) is 89.0 Å². The second-order valence-corrected chi connectivity index (χ2v) is 7.23. The maximum Gasteiger partial charge on any atom is 0.416 e. The van der Waals surface area contributed by atoms with Crippen LogP contribution in [0.15, 0.2) is 66.7 Å². The Balaban J connectivity index is 1.87. The summed E-state index contributed by atoms with van der Waals surface area (Å²) in [7, 11) is 0. The first-order chi connectivity index (χ1) is 15.2. The normalized spacial score (nSPS) is 12.2. The van der Waals surface area contributed by atoms with Crippen LogP contribution in [-0.4, -0.2) is 23.8 Å². The van der Waals surface area contributed by atoms with E-state index in [-0.39, 0.29) is 18.6 Å². The fraction of sp³-hybridized carbons (Fsp3) is 0.167. The molecule has 0 aromatic heterocycles. The number of rotatable bonds is 7. The summed E-state index contributed by atoms with van der Waals surface area (Å²) < 4.78 is 39.2. The summed E-state index contributed by atoms with van der Waals surface area (Å²) in [5.41, 5.74) is 8.07. The van der Waals surface area contributed by atoms with Gasteiger partial charge in [-0.15, -0.1) is 0 Å². The fourth-order valence-corrected chi connectivity index (χ4v) is 3.34. The summed E-state index contributed by atoms with van der Waals surface area (Å²) in [5.74, 6) is -0.481. The van der Waals surface area contributed by atoms with Crippen LogP contribution in [0, 0.1) is 5.41 Å². The molecular formula is C24H22F3N3O2. The van der Waals surface area contributed by atoms with E-state index >= 15 is 0 Å². The van der Waals surface area contributed by atoms with Gasteiger partial charge in [-0.1, -0.05) is 30.3 Å². The summed E-state index contributed by atoms with van der Waals surface area (Å²) in [4.78, 5) is 12.9. The molecule has 0 aliphatic heterocycles. The van der Waals surface area contributed by atoms with Crippen LogP contribution in [0.5, 0.6) is 0 Å². The predicted octanol–water partition coefficient (Wildman–Crippen LogP) is 4.81. The van der Waals surface area contributed by atoms with E-state index in [0.717, 1.165) is 29.5 Å². The molecule has 0 heterocycles. The molecule has 1 unspecified atom stereocenters. The van der Waals surface area contributed by atoms with Gasteiger partial charge >= 0.3 is 6.18 Å². The van der Waals surface area contributed by atoms with Crippen molar-refractivity contribution < 1.29 is 23.1 Å². The molecular weight excluding hydrogens is 419 g/mol. The molecule has 0 aliphatic rings. The molecule has 0 fully saturated rings. The van der Waals surface area contributed by atoms with E-state index in [1.165, 1.54) is 12.1 Å². The third kappa shape index (κ3) is 5.33. The van der Waals surface area contributed by atoms with Crippen molar-refractivity contribution in [2.45, 2.75) is 18.6 Å². The molecule has 0 saturated carbocycles. The number of hydrogen-bond acceptors (Lipinski definition) is 4. The Morgan fingerprint density at radius 1 is 1.06 bits per heavy atom. The van der Waals surface area contributed by atoms with Crippen LogP contribution >= 0.6 is 0 Å². The Labute approximate surface area is 183 Å². The van der Waals surface area contributed by atoms with Crippen molar-refractivity contribution in [3.8, 4) is 11.1 Å². The van der Waals surface area contributed by atoms with Crippen LogP contribution in [0.25, 0.3) is 11.1 Å². The summed E-state index contributed by atoms with van der Waals surface area (Å²) in [6.07, 6.45) is -3.30. The first kappa shape index (κ1) is 23.0. The zero-order valence-corrected chi connectivity index (χ0v) is 17.0. The van der Waals surface area contributed by atoms with Crippen LogP contribution in [0.3, 0.4) is 0 Å². The SMILES string of the molecule is N=Cc1cc(-c2cccc(C(=O)NC(CCO)c3cccc(C(F)(F)F)c3)c2)ccc1N. The van der Waals surface area contributed by atoms with E-state index < -0.39 is 23.7 Å². The smallest absolute Gasteiger partial charge is 0.398 e. The average Bonchev–Trinajstić information content (AvgIpc) is 2.78. The van der Waals surface area contributed by atoms with Crippen molar-refractivity contribution in [2.24, 2.45) is 0 Å². The highest BCUT2D eigenvalue weighted by Crippen LogP contribution is 2.31. The first-order valence-electron chi connectivity index (χ1n) is 9.82. The van der Waals surface area contributed by atoms with Crippen molar-refractivity contribution >= 4 is 17.8 Å². The highest BCUT2D eigenvalue weighted by Gasteiger charge is 2.31. The highest BCUT2D eigenvalue weighted by molar-refractivity contribution is 5.96. The topological polar surface area (TPSA) is 99.2 Å². The molecule has 3 aromatic carbocycles. The van der Waals surface area contributed by atoms with Crippen molar-refractivity contribution in [1.82, 2.24) is 5.32 Å². The number of nitrogens with one attached hydrogen (secondary N) is 2. The van der Waals surface area contributed by atoms with Crippen LogP contribution in [0.2, 0.25) is 0 Å². The lowest BCUT2D eigenvalue weighted by atomic mass is 9.99. The van der Waals surface area contributed by atoms with E-state index in [1.54, 1.807) is 42.5 Å². The van der Waals surface area contributed by atoms with Crippen molar-refractivity contribution in [2.75, 3.05) is 12.3 Å². The molecule has 3 aromatic rings. The number of alkyl halides is 3. The number of hydrogen-bond donors (Lipinski definition) is 4. The second kappa shape index (κ2) is 9.65. The van der Waals surface area contributed by atoms with Gasteiger partial charge in [0.15, 0.2) is 0 Å². The number of carbonyl (C=O) groups excluding carboxylic acids is 1. The quantitative estimate of drug-likeness (QED) is 0.313. The number of anilines is 1. The lowest BCUT2D eigenvalue weighted by molar-refractivity contribution is -0.137. The molecule has 0 spiro atoms. The molecule has 5 nitrogen and oxygen atoms in total. The molecule has 32 heavy (non-hydrogen) atoms. The molecule has 0 radical (unpaired) electrons. The molecule has 0 bridgehead atoms.